The molecule has 1 heterocycles. The Kier molecular flexibility index (Phi) is 2.72. The van der Waals surface area contributed by atoms with Gasteiger partial charge in [-0.1, -0.05) is 6.07 Å². The molecule has 0 atom stereocenters. The molecule has 0 aliphatic carbocycles. The van der Waals surface area contributed by atoms with Crippen molar-refractivity contribution in [1.29, 1.82) is 0 Å². The number of nitrogens with zero attached hydrogens (tertiary/aromatic N) is 1. The summed E-state index contributed by atoms with van der Waals surface area (Å²) in [5.41, 5.74) is 6.98. The van der Waals surface area contributed by atoms with Crippen LogP contribution in [-0.4, -0.2) is 4.98 Å². The molecule has 0 fully saturated rings. The molecule has 0 unspecified atom stereocenters. The minimum absolute atomic E-state index is 0.343. The van der Waals surface area contributed by atoms with Crippen molar-refractivity contribution in [3.05, 3.63) is 47.9 Å². The topological polar surface area (TPSA) is 48.1 Å². The molecule has 0 saturated heterocycles. The van der Waals surface area contributed by atoms with Gasteiger partial charge >= 0.3 is 0 Å². The van der Waals surface area contributed by atoms with E-state index in [4.69, 9.17) is 10.5 Å². The third-order valence-electron chi connectivity index (χ3n) is 2.12. The summed E-state index contributed by atoms with van der Waals surface area (Å²) >= 11 is 0. The van der Waals surface area contributed by atoms with E-state index >= 15 is 0 Å². The lowest BCUT2D eigenvalue weighted by Gasteiger charge is -2.07. The quantitative estimate of drug-likeness (QED) is 0.843. The molecule has 1 aromatic heterocycles. The third-order valence-corrected chi connectivity index (χ3v) is 2.12. The first-order chi connectivity index (χ1) is 7.65. The summed E-state index contributed by atoms with van der Waals surface area (Å²) in [5.74, 6) is 0.455. The Morgan fingerprint density at radius 2 is 2.06 bits per heavy atom. The van der Waals surface area contributed by atoms with Gasteiger partial charge in [0.1, 0.15) is 11.6 Å². The second-order valence-electron chi connectivity index (χ2n) is 3.44. The van der Waals surface area contributed by atoms with Gasteiger partial charge < -0.3 is 10.5 Å². The first kappa shape index (κ1) is 10.4. The Morgan fingerprint density at radius 3 is 2.81 bits per heavy atom. The molecule has 82 valence electrons. The van der Waals surface area contributed by atoms with Gasteiger partial charge in [-0.2, -0.15) is 0 Å². The van der Waals surface area contributed by atoms with Crippen LogP contribution < -0.4 is 10.5 Å². The highest BCUT2D eigenvalue weighted by atomic mass is 19.1. The Labute approximate surface area is 92.7 Å². The molecule has 1 aromatic carbocycles. The van der Waals surface area contributed by atoms with Gasteiger partial charge in [-0.15, -0.1) is 0 Å². The van der Waals surface area contributed by atoms with Crippen LogP contribution in [0.5, 0.6) is 11.6 Å². The zero-order chi connectivity index (χ0) is 11.5. The zero-order valence-corrected chi connectivity index (χ0v) is 8.77. The predicted molar refractivity (Wildman–Crippen MR) is 59.9 cm³/mol. The fourth-order valence-corrected chi connectivity index (χ4v) is 1.28. The first-order valence-corrected chi connectivity index (χ1v) is 4.81. The summed E-state index contributed by atoms with van der Waals surface area (Å²) in [6.07, 6.45) is 1.54. The van der Waals surface area contributed by atoms with E-state index in [9.17, 15) is 4.39 Å². The Hall–Kier alpha value is -2.10. The second-order valence-corrected chi connectivity index (χ2v) is 3.44. The number of aryl methyl sites for hydroxylation is 1. The van der Waals surface area contributed by atoms with Crippen molar-refractivity contribution in [2.24, 2.45) is 0 Å². The van der Waals surface area contributed by atoms with E-state index in [0.29, 0.717) is 17.3 Å². The van der Waals surface area contributed by atoms with Crippen molar-refractivity contribution in [2.45, 2.75) is 6.92 Å². The van der Waals surface area contributed by atoms with Crippen LogP contribution in [0.15, 0.2) is 36.5 Å². The molecule has 0 aliphatic heterocycles. The van der Waals surface area contributed by atoms with E-state index < -0.39 is 0 Å². The number of ether oxygens (including phenoxy) is 1. The Balaban J connectivity index is 2.30. The molecule has 0 amide bonds. The molecule has 0 aliphatic rings. The smallest absolute Gasteiger partial charge is 0.221 e. The minimum Gasteiger partial charge on any atom is -0.439 e. The maximum Gasteiger partial charge on any atom is 0.221 e. The molecule has 2 N–H and O–H groups in total. The SMILES string of the molecule is Cc1ccc(F)cc1Oc1cc(N)ccn1. The van der Waals surface area contributed by atoms with Crippen LogP contribution in [0.4, 0.5) is 10.1 Å². The Morgan fingerprint density at radius 1 is 1.25 bits per heavy atom. The van der Waals surface area contributed by atoms with Crippen molar-refractivity contribution < 1.29 is 9.13 Å². The van der Waals surface area contributed by atoms with Crippen molar-refractivity contribution in [3.63, 3.8) is 0 Å². The normalized spacial score (nSPS) is 10.1. The number of anilines is 1. The molecule has 0 spiro atoms. The summed E-state index contributed by atoms with van der Waals surface area (Å²) in [6.45, 7) is 1.83. The van der Waals surface area contributed by atoms with Crippen LogP contribution in [0.3, 0.4) is 0 Å². The molecule has 2 aromatic rings. The van der Waals surface area contributed by atoms with Gasteiger partial charge in [0.15, 0.2) is 0 Å². The van der Waals surface area contributed by atoms with Gasteiger partial charge in [-0.25, -0.2) is 9.37 Å². The van der Waals surface area contributed by atoms with Crippen LogP contribution in [0.1, 0.15) is 5.56 Å². The van der Waals surface area contributed by atoms with Gasteiger partial charge in [0.05, 0.1) is 0 Å². The first-order valence-electron chi connectivity index (χ1n) is 4.81. The van der Waals surface area contributed by atoms with E-state index in [1.807, 2.05) is 6.92 Å². The highest BCUT2D eigenvalue weighted by Crippen LogP contribution is 2.25. The summed E-state index contributed by atoms with van der Waals surface area (Å²) < 4.78 is 18.4. The molecule has 16 heavy (non-hydrogen) atoms. The third kappa shape index (κ3) is 2.28. The molecule has 4 heteroatoms. The summed E-state index contributed by atoms with van der Waals surface area (Å²) in [4.78, 5) is 3.98. The predicted octanol–water partition coefficient (Wildman–Crippen LogP) is 2.90. The lowest BCUT2D eigenvalue weighted by molar-refractivity contribution is 0.455. The average molecular weight is 218 g/mol. The van der Waals surface area contributed by atoms with Crippen LogP contribution >= 0.6 is 0 Å². The van der Waals surface area contributed by atoms with E-state index in [2.05, 4.69) is 4.98 Å². The van der Waals surface area contributed by atoms with Crippen LogP contribution in [0, 0.1) is 12.7 Å². The average Bonchev–Trinajstić information content (AvgIpc) is 2.24. The molecular weight excluding hydrogens is 207 g/mol. The molecule has 0 radical (unpaired) electrons. The highest BCUT2D eigenvalue weighted by Gasteiger charge is 2.04. The molecule has 3 nitrogen and oxygen atoms in total. The van der Waals surface area contributed by atoms with Gasteiger partial charge in [0.25, 0.3) is 0 Å². The number of hydrogen-bond donors (Lipinski definition) is 1. The largest absolute Gasteiger partial charge is 0.439 e. The van der Waals surface area contributed by atoms with Gasteiger partial charge in [-0.3, -0.25) is 0 Å². The van der Waals surface area contributed by atoms with Crippen LogP contribution in [0.2, 0.25) is 0 Å². The fourth-order valence-electron chi connectivity index (χ4n) is 1.28. The van der Waals surface area contributed by atoms with Crippen LogP contribution in [-0.2, 0) is 0 Å². The van der Waals surface area contributed by atoms with Crippen molar-refractivity contribution in [1.82, 2.24) is 4.98 Å². The van der Waals surface area contributed by atoms with Gasteiger partial charge in [0.2, 0.25) is 5.88 Å². The number of nitrogen functional groups attached to an aromatic ring is 1. The fraction of sp³-hybridized carbons (Fsp3) is 0.0833. The number of nitrogens with two attached hydrogens (primary N) is 1. The van der Waals surface area contributed by atoms with E-state index in [0.717, 1.165) is 5.56 Å². The number of benzene rings is 1. The highest BCUT2D eigenvalue weighted by molar-refractivity contribution is 5.42. The number of rotatable bonds is 2. The maximum atomic E-state index is 13.0. The van der Waals surface area contributed by atoms with Crippen LogP contribution in [0.25, 0.3) is 0 Å². The summed E-state index contributed by atoms with van der Waals surface area (Å²) in [7, 11) is 0. The molecule has 2 rings (SSSR count). The number of halogens is 1. The standard InChI is InChI=1S/C12H11FN2O/c1-8-2-3-9(13)6-11(8)16-12-7-10(14)4-5-15-12/h2-7H,1H3,(H2,14,15). The lowest BCUT2D eigenvalue weighted by atomic mass is 10.2. The lowest BCUT2D eigenvalue weighted by Crippen LogP contribution is -1.93. The minimum atomic E-state index is -0.343. The van der Waals surface area contributed by atoms with Gasteiger partial charge in [0, 0.05) is 24.0 Å². The van der Waals surface area contributed by atoms with Crippen molar-refractivity contribution in [3.8, 4) is 11.6 Å². The monoisotopic (exact) mass is 218 g/mol. The molecular formula is C12H11FN2O. The molecule has 0 bridgehead atoms. The van der Waals surface area contributed by atoms with Crippen molar-refractivity contribution in [2.75, 3.05) is 5.73 Å². The zero-order valence-electron chi connectivity index (χ0n) is 8.77. The van der Waals surface area contributed by atoms with Gasteiger partial charge in [-0.05, 0) is 24.6 Å². The number of hydrogen-bond acceptors (Lipinski definition) is 3. The second kappa shape index (κ2) is 4.18. The number of pyridine rings is 1. The summed E-state index contributed by atoms with van der Waals surface area (Å²) in [6, 6.07) is 7.60. The van der Waals surface area contributed by atoms with E-state index in [1.54, 1.807) is 24.4 Å². The number of aromatic nitrogens is 1. The Bertz CT molecular complexity index is 514. The van der Waals surface area contributed by atoms with E-state index in [-0.39, 0.29) is 5.82 Å². The molecule has 0 saturated carbocycles. The van der Waals surface area contributed by atoms with Crippen molar-refractivity contribution >= 4 is 5.69 Å². The van der Waals surface area contributed by atoms with E-state index in [1.165, 1.54) is 12.1 Å². The maximum absolute atomic E-state index is 13.0. The summed E-state index contributed by atoms with van der Waals surface area (Å²) in [5, 5.41) is 0.